The van der Waals surface area contributed by atoms with E-state index in [4.69, 9.17) is 4.42 Å². The van der Waals surface area contributed by atoms with Gasteiger partial charge in [0.05, 0.1) is 12.2 Å². The van der Waals surface area contributed by atoms with Crippen molar-refractivity contribution < 1.29 is 8.81 Å². The molecule has 0 unspecified atom stereocenters. The molecule has 0 saturated heterocycles. The minimum atomic E-state index is -0.360. The van der Waals surface area contributed by atoms with Crippen LogP contribution in [0.2, 0.25) is 0 Å². The van der Waals surface area contributed by atoms with Crippen molar-refractivity contribution in [1.29, 1.82) is 0 Å². The largest absolute Gasteiger partial charge is 0.440 e. The highest BCUT2D eigenvalue weighted by atomic mass is 19.1. The summed E-state index contributed by atoms with van der Waals surface area (Å²) in [5, 5.41) is 6.51. The van der Waals surface area contributed by atoms with Crippen LogP contribution in [0.3, 0.4) is 0 Å². The number of nitrogens with zero attached hydrogens (tertiary/aromatic N) is 5. The molecule has 0 amide bonds. The Hall–Kier alpha value is -3.59. The van der Waals surface area contributed by atoms with Gasteiger partial charge >= 0.3 is 0 Å². The van der Waals surface area contributed by atoms with Gasteiger partial charge in [0.25, 0.3) is 0 Å². The van der Waals surface area contributed by atoms with Gasteiger partial charge in [0, 0.05) is 62.8 Å². The van der Waals surface area contributed by atoms with E-state index in [0.29, 0.717) is 34.9 Å². The number of hydrogen-bond donors (Lipinski definition) is 2. The van der Waals surface area contributed by atoms with Crippen molar-refractivity contribution in [2.75, 3.05) is 18.4 Å². The Morgan fingerprint density at radius 1 is 1.16 bits per heavy atom. The molecule has 4 aromatic heterocycles. The first-order valence-electron chi connectivity index (χ1n) is 10.6. The van der Waals surface area contributed by atoms with Crippen molar-refractivity contribution in [3.05, 3.63) is 78.4 Å². The molecule has 0 atom stereocenters. The number of fused-ring (bicyclic) bond motifs is 1. The van der Waals surface area contributed by atoms with Crippen LogP contribution in [-0.2, 0) is 25.9 Å². The molecule has 32 heavy (non-hydrogen) atoms. The summed E-state index contributed by atoms with van der Waals surface area (Å²) in [6.45, 7) is 8.36. The van der Waals surface area contributed by atoms with E-state index in [1.165, 1.54) is 6.07 Å². The van der Waals surface area contributed by atoms with Crippen molar-refractivity contribution >= 4 is 16.9 Å². The molecular weight excluding hydrogens is 409 g/mol. The molecule has 0 aliphatic rings. The number of hydrogen-bond acceptors (Lipinski definition) is 7. The number of nitrogens with one attached hydrogen (secondary N) is 2. The number of aromatic nitrogens is 5. The minimum Gasteiger partial charge on any atom is -0.440 e. The second kappa shape index (κ2) is 10.1. The maximum absolute atomic E-state index is 13.8. The average Bonchev–Trinajstić information content (AvgIpc) is 3.37. The van der Waals surface area contributed by atoms with Gasteiger partial charge in [-0.05, 0) is 19.1 Å². The molecule has 0 aromatic carbocycles. The zero-order valence-electron chi connectivity index (χ0n) is 18.0. The fourth-order valence-electron chi connectivity index (χ4n) is 3.46. The van der Waals surface area contributed by atoms with Gasteiger partial charge in [-0.2, -0.15) is 0 Å². The molecule has 0 radical (unpaired) electrons. The summed E-state index contributed by atoms with van der Waals surface area (Å²) < 4.78 is 21.8. The number of oxazole rings is 1. The maximum Gasteiger partial charge on any atom is 0.196 e. The van der Waals surface area contributed by atoms with Gasteiger partial charge in [0.1, 0.15) is 11.6 Å². The van der Waals surface area contributed by atoms with E-state index >= 15 is 0 Å². The highest BCUT2D eigenvalue weighted by Crippen LogP contribution is 2.22. The van der Waals surface area contributed by atoms with Gasteiger partial charge in [-0.3, -0.25) is 4.98 Å². The van der Waals surface area contributed by atoms with Gasteiger partial charge < -0.3 is 19.6 Å². The minimum absolute atomic E-state index is 0.212. The molecule has 0 spiro atoms. The van der Waals surface area contributed by atoms with Crippen LogP contribution in [0, 0.1) is 12.7 Å². The van der Waals surface area contributed by atoms with Crippen molar-refractivity contribution in [2.45, 2.75) is 32.9 Å². The molecule has 0 saturated carbocycles. The SMILES string of the molecule is C=CCn1c(C)cnc1CCNCCc1nc2c(NCc3ncccc3F)nccc2o1. The van der Waals surface area contributed by atoms with Crippen LogP contribution in [0.15, 0.2) is 53.9 Å². The Morgan fingerprint density at radius 3 is 2.88 bits per heavy atom. The van der Waals surface area contributed by atoms with Crippen LogP contribution >= 0.6 is 0 Å². The third-order valence-corrected chi connectivity index (χ3v) is 5.10. The molecule has 0 fully saturated rings. The molecule has 8 nitrogen and oxygen atoms in total. The van der Waals surface area contributed by atoms with E-state index in [1.807, 2.05) is 19.2 Å². The fraction of sp³-hybridized carbons (Fsp3) is 0.304. The van der Waals surface area contributed by atoms with Crippen LogP contribution in [0.5, 0.6) is 0 Å². The van der Waals surface area contributed by atoms with Crippen LogP contribution in [-0.4, -0.2) is 37.6 Å². The summed E-state index contributed by atoms with van der Waals surface area (Å²) in [4.78, 5) is 17.4. The first-order valence-corrected chi connectivity index (χ1v) is 10.6. The fourth-order valence-corrected chi connectivity index (χ4v) is 3.46. The smallest absolute Gasteiger partial charge is 0.196 e. The van der Waals surface area contributed by atoms with Gasteiger partial charge in [-0.25, -0.2) is 19.3 Å². The van der Waals surface area contributed by atoms with Crippen LogP contribution in [0.4, 0.5) is 10.2 Å². The first kappa shape index (κ1) is 21.6. The number of rotatable bonds is 11. The molecule has 0 aliphatic carbocycles. The standard InChI is InChI=1S/C23H26FN7O/c1-3-13-31-16(2)14-28-20(31)7-10-25-11-8-21-30-22-19(32-21)6-12-27-23(22)29-15-18-17(24)5-4-9-26-18/h3-6,9,12,14,25H,1,7-8,10-11,13,15H2,2H3,(H,27,29). The van der Waals surface area contributed by atoms with Crippen molar-refractivity contribution in [3.8, 4) is 0 Å². The second-order valence-corrected chi connectivity index (χ2v) is 7.36. The summed E-state index contributed by atoms with van der Waals surface area (Å²) >= 11 is 0. The number of allylic oxidation sites excluding steroid dienone is 1. The number of imidazole rings is 1. The summed E-state index contributed by atoms with van der Waals surface area (Å²) in [6.07, 6.45) is 8.44. The van der Waals surface area contributed by atoms with Gasteiger partial charge in [-0.15, -0.1) is 6.58 Å². The van der Waals surface area contributed by atoms with E-state index < -0.39 is 0 Å². The summed E-state index contributed by atoms with van der Waals surface area (Å²) in [5.41, 5.74) is 2.72. The highest BCUT2D eigenvalue weighted by molar-refractivity contribution is 5.83. The Bertz CT molecular complexity index is 1200. The molecular formula is C23H26FN7O. The lowest BCUT2D eigenvalue weighted by atomic mass is 10.3. The van der Waals surface area contributed by atoms with E-state index in [-0.39, 0.29) is 12.4 Å². The van der Waals surface area contributed by atoms with Crippen molar-refractivity contribution in [3.63, 3.8) is 0 Å². The third kappa shape index (κ3) is 5.00. The van der Waals surface area contributed by atoms with E-state index in [0.717, 1.165) is 37.6 Å². The molecule has 166 valence electrons. The number of anilines is 1. The molecule has 4 heterocycles. The summed E-state index contributed by atoms with van der Waals surface area (Å²) in [5.74, 6) is 1.85. The Kier molecular flexibility index (Phi) is 6.86. The normalized spacial score (nSPS) is 11.2. The monoisotopic (exact) mass is 435 g/mol. The lowest BCUT2D eigenvalue weighted by Crippen LogP contribution is -2.21. The van der Waals surface area contributed by atoms with Crippen LogP contribution < -0.4 is 10.6 Å². The first-order chi connectivity index (χ1) is 15.7. The third-order valence-electron chi connectivity index (χ3n) is 5.10. The Balaban J connectivity index is 1.31. The predicted octanol–water partition coefficient (Wildman–Crippen LogP) is 3.43. The van der Waals surface area contributed by atoms with Gasteiger partial charge in [0.2, 0.25) is 0 Å². The predicted molar refractivity (Wildman–Crippen MR) is 121 cm³/mol. The highest BCUT2D eigenvalue weighted by Gasteiger charge is 2.12. The average molecular weight is 436 g/mol. The molecule has 0 bridgehead atoms. The van der Waals surface area contributed by atoms with E-state index in [1.54, 1.807) is 24.5 Å². The molecule has 0 aliphatic heterocycles. The van der Waals surface area contributed by atoms with Crippen LogP contribution in [0.25, 0.3) is 11.1 Å². The molecule has 9 heteroatoms. The number of halogens is 1. The molecule has 4 rings (SSSR count). The quantitative estimate of drug-likeness (QED) is 0.275. The molecule has 2 N–H and O–H groups in total. The Morgan fingerprint density at radius 2 is 2.03 bits per heavy atom. The number of aryl methyl sites for hydroxylation is 1. The van der Waals surface area contributed by atoms with Gasteiger partial charge in [-0.1, -0.05) is 6.08 Å². The second-order valence-electron chi connectivity index (χ2n) is 7.36. The van der Waals surface area contributed by atoms with Crippen LogP contribution in [0.1, 0.15) is 23.1 Å². The van der Waals surface area contributed by atoms with Crippen molar-refractivity contribution in [2.24, 2.45) is 0 Å². The Labute approximate surface area is 185 Å². The summed E-state index contributed by atoms with van der Waals surface area (Å²) in [7, 11) is 0. The van der Waals surface area contributed by atoms with E-state index in [9.17, 15) is 4.39 Å². The lowest BCUT2D eigenvalue weighted by molar-refractivity contribution is 0.513. The number of pyridine rings is 2. The summed E-state index contributed by atoms with van der Waals surface area (Å²) in [6, 6.07) is 4.72. The van der Waals surface area contributed by atoms with Crippen molar-refractivity contribution in [1.82, 2.24) is 29.8 Å². The zero-order valence-corrected chi connectivity index (χ0v) is 18.0. The molecule has 4 aromatic rings. The maximum atomic E-state index is 13.8. The zero-order chi connectivity index (χ0) is 22.3. The topological polar surface area (TPSA) is 93.7 Å². The van der Waals surface area contributed by atoms with E-state index in [2.05, 4.69) is 41.7 Å². The van der Waals surface area contributed by atoms with Gasteiger partial charge in [0.15, 0.2) is 22.8 Å². The lowest BCUT2D eigenvalue weighted by Gasteiger charge is -2.07.